The average molecular weight is 358 g/mol. The van der Waals surface area contributed by atoms with Crippen molar-refractivity contribution in [2.24, 2.45) is 0 Å². The summed E-state index contributed by atoms with van der Waals surface area (Å²) in [6, 6.07) is 7.88. The van der Waals surface area contributed by atoms with Crippen LogP contribution in [0.15, 0.2) is 30.5 Å². The van der Waals surface area contributed by atoms with E-state index < -0.39 is 5.60 Å². The Bertz CT molecular complexity index is 741. The first kappa shape index (κ1) is 18.1. The van der Waals surface area contributed by atoms with E-state index in [0.29, 0.717) is 13.1 Å². The third kappa shape index (κ3) is 4.09. The third-order valence-electron chi connectivity index (χ3n) is 4.27. The summed E-state index contributed by atoms with van der Waals surface area (Å²) >= 11 is 0. The zero-order valence-corrected chi connectivity index (χ0v) is 15.8. The van der Waals surface area contributed by atoms with Gasteiger partial charge in [0.1, 0.15) is 11.4 Å². The number of methoxy groups -OCH3 is 1. The van der Waals surface area contributed by atoms with Crippen LogP contribution < -0.4 is 9.64 Å². The molecule has 7 nitrogen and oxygen atoms in total. The lowest BCUT2D eigenvalue weighted by atomic mass is 10.1. The second-order valence-electron chi connectivity index (χ2n) is 7.31. The lowest BCUT2D eigenvalue weighted by Gasteiger charge is -2.36. The number of aromatic amines is 1. The SMILES string of the molecule is COc1ccc(-c2[nH]ncc2N2CCN(C(=O)OC(C)(C)C)CC2)cc1. The molecule has 2 heterocycles. The lowest BCUT2D eigenvalue weighted by Crippen LogP contribution is -2.50. The Morgan fingerprint density at radius 3 is 2.35 bits per heavy atom. The first-order valence-electron chi connectivity index (χ1n) is 8.78. The number of amides is 1. The van der Waals surface area contributed by atoms with Crippen molar-refractivity contribution in [3.8, 4) is 17.0 Å². The monoisotopic (exact) mass is 358 g/mol. The molecular formula is C19H26N4O3. The number of carbonyl (C=O) groups is 1. The molecule has 3 rings (SSSR count). The number of benzene rings is 1. The second kappa shape index (κ2) is 7.27. The van der Waals surface area contributed by atoms with Crippen LogP contribution in [0.25, 0.3) is 11.3 Å². The molecule has 0 saturated carbocycles. The van der Waals surface area contributed by atoms with Crippen molar-refractivity contribution < 1.29 is 14.3 Å². The maximum atomic E-state index is 12.2. The maximum Gasteiger partial charge on any atom is 0.410 e. The highest BCUT2D eigenvalue weighted by atomic mass is 16.6. The molecule has 0 spiro atoms. The molecule has 1 aliphatic rings. The number of aromatic nitrogens is 2. The molecule has 1 aromatic carbocycles. The van der Waals surface area contributed by atoms with Gasteiger partial charge < -0.3 is 19.3 Å². The Kier molecular flexibility index (Phi) is 5.06. The van der Waals surface area contributed by atoms with Gasteiger partial charge in [0.2, 0.25) is 0 Å². The van der Waals surface area contributed by atoms with Crippen molar-refractivity contribution in [2.45, 2.75) is 26.4 Å². The predicted molar refractivity (Wildman–Crippen MR) is 101 cm³/mol. The Morgan fingerprint density at radius 2 is 1.77 bits per heavy atom. The van der Waals surface area contributed by atoms with Crippen molar-refractivity contribution in [2.75, 3.05) is 38.2 Å². The van der Waals surface area contributed by atoms with Gasteiger partial charge in [0.15, 0.2) is 0 Å². The minimum absolute atomic E-state index is 0.250. The molecule has 1 N–H and O–H groups in total. The van der Waals surface area contributed by atoms with Gasteiger partial charge in [-0.15, -0.1) is 0 Å². The van der Waals surface area contributed by atoms with E-state index in [9.17, 15) is 4.79 Å². The zero-order chi connectivity index (χ0) is 18.7. The molecule has 1 aromatic heterocycles. The smallest absolute Gasteiger partial charge is 0.410 e. The molecular weight excluding hydrogens is 332 g/mol. The number of ether oxygens (including phenoxy) is 2. The Labute approximate surface area is 153 Å². The summed E-state index contributed by atoms with van der Waals surface area (Å²) in [7, 11) is 1.65. The van der Waals surface area contributed by atoms with Crippen LogP contribution in [0.4, 0.5) is 10.5 Å². The molecule has 0 aliphatic carbocycles. The molecule has 1 amide bonds. The van der Waals surface area contributed by atoms with Crippen molar-refractivity contribution >= 4 is 11.8 Å². The van der Waals surface area contributed by atoms with Gasteiger partial charge in [-0.3, -0.25) is 5.10 Å². The van der Waals surface area contributed by atoms with Crippen LogP contribution in [0.5, 0.6) is 5.75 Å². The van der Waals surface area contributed by atoms with Gasteiger partial charge in [-0.1, -0.05) is 0 Å². The van der Waals surface area contributed by atoms with E-state index in [-0.39, 0.29) is 6.09 Å². The number of rotatable bonds is 3. The molecule has 1 saturated heterocycles. The molecule has 0 unspecified atom stereocenters. The summed E-state index contributed by atoms with van der Waals surface area (Å²) in [6.45, 7) is 8.38. The van der Waals surface area contributed by atoms with E-state index >= 15 is 0 Å². The van der Waals surface area contributed by atoms with Crippen LogP contribution in [0.2, 0.25) is 0 Å². The summed E-state index contributed by atoms with van der Waals surface area (Å²) in [4.78, 5) is 16.2. The number of nitrogens with one attached hydrogen (secondary N) is 1. The quantitative estimate of drug-likeness (QED) is 0.913. The largest absolute Gasteiger partial charge is 0.497 e. The van der Waals surface area contributed by atoms with E-state index in [4.69, 9.17) is 9.47 Å². The number of hydrogen-bond donors (Lipinski definition) is 1. The number of nitrogens with zero attached hydrogens (tertiary/aromatic N) is 3. The molecule has 1 fully saturated rings. The number of hydrogen-bond acceptors (Lipinski definition) is 5. The van der Waals surface area contributed by atoms with Crippen LogP contribution in [0.1, 0.15) is 20.8 Å². The maximum absolute atomic E-state index is 12.2. The van der Waals surface area contributed by atoms with Gasteiger partial charge in [0.25, 0.3) is 0 Å². The van der Waals surface area contributed by atoms with Gasteiger partial charge in [-0.2, -0.15) is 5.10 Å². The molecule has 2 aromatic rings. The fraction of sp³-hybridized carbons (Fsp3) is 0.474. The van der Waals surface area contributed by atoms with E-state index in [1.54, 1.807) is 12.0 Å². The van der Waals surface area contributed by atoms with Crippen molar-refractivity contribution in [3.63, 3.8) is 0 Å². The van der Waals surface area contributed by atoms with E-state index in [1.165, 1.54) is 0 Å². The average Bonchev–Trinajstić information content (AvgIpc) is 3.10. The molecule has 0 atom stereocenters. The highest BCUT2D eigenvalue weighted by molar-refractivity contribution is 5.75. The summed E-state index contributed by atoms with van der Waals surface area (Å²) in [5.74, 6) is 0.820. The number of carbonyl (C=O) groups excluding carboxylic acids is 1. The Hall–Kier alpha value is -2.70. The summed E-state index contributed by atoms with van der Waals surface area (Å²) < 4.78 is 10.7. The van der Waals surface area contributed by atoms with Crippen molar-refractivity contribution in [1.29, 1.82) is 0 Å². The normalized spacial score (nSPS) is 15.1. The van der Waals surface area contributed by atoms with E-state index in [2.05, 4.69) is 15.1 Å². The van der Waals surface area contributed by atoms with Crippen LogP contribution in [0, 0.1) is 0 Å². The highest BCUT2D eigenvalue weighted by Gasteiger charge is 2.27. The topological polar surface area (TPSA) is 70.7 Å². The number of H-pyrrole nitrogens is 1. The number of anilines is 1. The summed E-state index contributed by atoms with van der Waals surface area (Å²) in [5.41, 5.74) is 2.59. The van der Waals surface area contributed by atoms with Crippen LogP contribution in [-0.2, 0) is 4.74 Å². The molecule has 0 bridgehead atoms. The first-order valence-corrected chi connectivity index (χ1v) is 8.78. The Balaban J connectivity index is 1.67. The van der Waals surface area contributed by atoms with Gasteiger partial charge >= 0.3 is 6.09 Å². The van der Waals surface area contributed by atoms with Gasteiger partial charge in [-0.25, -0.2) is 4.79 Å². The molecule has 1 aliphatic heterocycles. The minimum Gasteiger partial charge on any atom is -0.497 e. The first-order chi connectivity index (χ1) is 12.4. The van der Waals surface area contributed by atoms with Gasteiger partial charge in [0, 0.05) is 31.7 Å². The van der Waals surface area contributed by atoms with Gasteiger partial charge in [-0.05, 0) is 45.0 Å². The molecule has 26 heavy (non-hydrogen) atoms. The third-order valence-corrected chi connectivity index (χ3v) is 4.27. The van der Waals surface area contributed by atoms with Gasteiger partial charge in [0.05, 0.1) is 24.7 Å². The Morgan fingerprint density at radius 1 is 1.12 bits per heavy atom. The minimum atomic E-state index is -0.472. The summed E-state index contributed by atoms with van der Waals surface area (Å²) in [5, 5.41) is 7.30. The second-order valence-corrected chi connectivity index (χ2v) is 7.31. The van der Waals surface area contributed by atoms with Crippen LogP contribution in [0.3, 0.4) is 0 Å². The summed E-state index contributed by atoms with van der Waals surface area (Å²) in [6.07, 6.45) is 1.59. The van der Waals surface area contributed by atoms with Crippen molar-refractivity contribution in [3.05, 3.63) is 30.5 Å². The van der Waals surface area contributed by atoms with Crippen molar-refractivity contribution in [1.82, 2.24) is 15.1 Å². The fourth-order valence-electron chi connectivity index (χ4n) is 2.95. The van der Waals surface area contributed by atoms with Crippen LogP contribution in [-0.4, -0.2) is 60.1 Å². The van der Waals surface area contributed by atoms with Crippen LogP contribution >= 0.6 is 0 Å². The predicted octanol–water partition coefficient (Wildman–Crippen LogP) is 3.14. The molecule has 140 valence electrons. The lowest BCUT2D eigenvalue weighted by molar-refractivity contribution is 0.0240. The number of piperazine rings is 1. The van der Waals surface area contributed by atoms with E-state index in [0.717, 1.165) is 35.8 Å². The zero-order valence-electron chi connectivity index (χ0n) is 15.8. The molecule has 0 radical (unpaired) electrons. The molecule has 7 heteroatoms. The van der Waals surface area contributed by atoms with E-state index in [1.807, 2.05) is 51.2 Å². The standard InChI is InChI=1S/C19H26N4O3/c1-19(2,3)26-18(24)23-11-9-22(10-12-23)16-13-20-21-17(16)14-5-7-15(25-4)8-6-14/h5-8,13H,9-12H2,1-4H3,(H,20,21). The highest BCUT2D eigenvalue weighted by Crippen LogP contribution is 2.30. The fourth-order valence-corrected chi connectivity index (χ4v) is 2.95.